The number of nitrogens with one attached hydrogen (secondary N) is 2. The Morgan fingerprint density at radius 2 is 2.12 bits per heavy atom. The van der Waals surface area contributed by atoms with E-state index >= 15 is 0 Å². The Morgan fingerprint density at radius 3 is 2.82 bits per heavy atom. The molecule has 1 aromatic carbocycles. The van der Waals surface area contributed by atoms with Crippen molar-refractivity contribution in [2.45, 2.75) is 5.54 Å². The smallest absolute Gasteiger partial charge is 0.322 e. The molecule has 1 fully saturated rings. The van der Waals surface area contributed by atoms with Crippen LogP contribution in [-0.4, -0.2) is 11.9 Å². The molecular weight excluding hydrogens is 227 g/mol. The molecule has 1 aromatic rings. The molecule has 6 heteroatoms. The number of hydrogen-bond donors (Lipinski definition) is 2. The summed E-state index contributed by atoms with van der Waals surface area (Å²) in [4.78, 5) is 23.0. The number of benzene rings is 1. The Kier molecular flexibility index (Phi) is 1.77. The third-order valence-corrected chi connectivity index (χ3v) is 2.78. The lowest BCUT2D eigenvalue weighted by Crippen LogP contribution is -2.43. The molecule has 17 heavy (non-hydrogen) atoms. The topological polar surface area (TPSA) is 67.4 Å². The van der Waals surface area contributed by atoms with Crippen LogP contribution < -0.4 is 15.4 Å². The highest BCUT2D eigenvalue weighted by Crippen LogP contribution is 2.37. The summed E-state index contributed by atoms with van der Waals surface area (Å²) in [7, 11) is 0. The maximum atomic E-state index is 13.2. The fourth-order valence-electron chi connectivity index (χ4n) is 1.99. The normalized spacial score (nSPS) is 25.2. The molecule has 2 heterocycles. The number of ether oxygens (including phenoxy) is 1. The molecule has 5 nitrogen and oxygen atoms in total. The van der Waals surface area contributed by atoms with Crippen molar-refractivity contribution in [3.63, 3.8) is 0 Å². The molecule has 2 N–H and O–H groups in total. The van der Waals surface area contributed by atoms with Crippen molar-refractivity contribution in [2.75, 3.05) is 0 Å². The van der Waals surface area contributed by atoms with Crippen molar-refractivity contribution < 1.29 is 18.7 Å². The van der Waals surface area contributed by atoms with Gasteiger partial charge in [-0.3, -0.25) is 10.1 Å². The van der Waals surface area contributed by atoms with Crippen LogP contribution in [0.15, 0.2) is 30.5 Å². The Balaban J connectivity index is 2.23. The van der Waals surface area contributed by atoms with E-state index in [4.69, 9.17) is 4.74 Å². The first-order valence-electron chi connectivity index (χ1n) is 4.90. The Labute approximate surface area is 95.3 Å². The van der Waals surface area contributed by atoms with E-state index in [0.717, 1.165) is 0 Å². The van der Waals surface area contributed by atoms with Gasteiger partial charge in [-0.2, -0.15) is 0 Å². The second-order valence-electron chi connectivity index (χ2n) is 3.78. The van der Waals surface area contributed by atoms with Crippen LogP contribution in [0.1, 0.15) is 5.56 Å². The number of rotatable bonds is 0. The number of carbonyl (C=O) groups excluding carboxylic acids is 2. The highest BCUT2D eigenvalue weighted by atomic mass is 19.1. The zero-order valence-electron chi connectivity index (χ0n) is 8.49. The molecule has 86 valence electrons. The molecule has 1 saturated heterocycles. The average Bonchev–Trinajstić information content (AvgIpc) is 2.56. The standard InChI is InChI=1S/C11H7FN2O3/c12-6-1-2-8-7(5-6)11(3-4-17-8)9(15)13-10(16)14-11/h1-5H,(H2,13,14,15,16)/t11-/m0/s1. The van der Waals surface area contributed by atoms with Crippen molar-refractivity contribution in [2.24, 2.45) is 0 Å². The van der Waals surface area contributed by atoms with Crippen molar-refractivity contribution in [3.8, 4) is 5.75 Å². The van der Waals surface area contributed by atoms with Crippen LogP contribution in [0.4, 0.5) is 9.18 Å². The van der Waals surface area contributed by atoms with Crippen LogP contribution >= 0.6 is 0 Å². The van der Waals surface area contributed by atoms with Crippen LogP contribution in [-0.2, 0) is 10.3 Å². The molecule has 3 amide bonds. The maximum absolute atomic E-state index is 13.2. The minimum atomic E-state index is -1.37. The summed E-state index contributed by atoms with van der Waals surface area (Å²) in [6.45, 7) is 0. The van der Waals surface area contributed by atoms with Gasteiger partial charge in [-0.1, -0.05) is 0 Å². The van der Waals surface area contributed by atoms with Crippen LogP contribution in [0, 0.1) is 5.82 Å². The molecule has 0 bridgehead atoms. The third kappa shape index (κ3) is 1.24. The van der Waals surface area contributed by atoms with Crippen LogP contribution in [0.3, 0.4) is 0 Å². The zero-order valence-corrected chi connectivity index (χ0v) is 8.49. The number of hydrogen-bond acceptors (Lipinski definition) is 3. The molecule has 1 spiro atoms. The van der Waals surface area contributed by atoms with Gasteiger partial charge in [0.05, 0.1) is 6.26 Å². The maximum Gasteiger partial charge on any atom is 0.322 e. The van der Waals surface area contributed by atoms with Crippen molar-refractivity contribution in [3.05, 3.63) is 41.9 Å². The predicted molar refractivity (Wildman–Crippen MR) is 54.5 cm³/mol. The number of amides is 3. The summed E-state index contributed by atoms with van der Waals surface area (Å²) in [5, 5.41) is 4.59. The highest BCUT2D eigenvalue weighted by Gasteiger charge is 2.49. The molecule has 0 saturated carbocycles. The van der Waals surface area contributed by atoms with Crippen molar-refractivity contribution in [1.29, 1.82) is 0 Å². The SMILES string of the molecule is O=C1NC(=O)[C@@]2(C=COc3ccc(F)cc32)N1. The predicted octanol–water partition coefficient (Wildman–Crippen LogP) is 0.766. The Morgan fingerprint density at radius 1 is 1.29 bits per heavy atom. The van der Waals surface area contributed by atoms with E-state index in [1.807, 2.05) is 0 Å². The lowest BCUT2D eigenvalue weighted by Gasteiger charge is -2.27. The lowest BCUT2D eigenvalue weighted by molar-refractivity contribution is -0.122. The van der Waals surface area contributed by atoms with E-state index in [1.54, 1.807) is 0 Å². The number of urea groups is 1. The van der Waals surface area contributed by atoms with Crippen molar-refractivity contribution >= 4 is 11.9 Å². The molecule has 2 aliphatic heterocycles. The van der Waals surface area contributed by atoms with Crippen LogP contribution in [0.25, 0.3) is 0 Å². The van der Waals surface area contributed by atoms with E-state index < -0.39 is 23.3 Å². The first-order valence-corrected chi connectivity index (χ1v) is 4.90. The molecule has 0 radical (unpaired) electrons. The molecule has 0 unspecified atom stereocenters. The minimum absolute atomic E-state index is 0.281. The minimum Gasteiger partial charge on any atom is -0.465 e. The molecule has 0 aromatic heterocycles. The third-order valence-electron chi connectivity index (χ3n) is 2.78. The summed E-state index contributed by atoms with van der Waals surface area (Å²) in [5.74, 6) is -0.712. The molecule has 2 aliphatic rings. The van der Waals surface area contributed by atoms with Crippen LogP contribution in [0.5, 0.6) is 5.75 Å². The molecule has 0 aliphatic carbocycles. The summed E-state index contributed by atoms with van der Waals surface area (Å²) < 4.78 is 18.4. The average molecular weight is 234 g/mol. The van der Waals surface area contributed by atoms with Gasteiger partial charge >= 0.3 is 6.03 Å². The monoisotopic (exact) mass is 234 g/mol. The van der Waals surface area contributed by atoms with E-state index in [2.05, 4.69) is 10.6 Å². The highest BCUT2D eigenvalue weighted by molar-refractivity contribution is 6.09. The van der Waals surface area contributed by atoms with Gasteiger partial charge in [0.25, 0.3) is 5.91 Å². The van der Waals surface area contributed by atoms with Gasteiger partial charge < -0.3 is 10.1 Å². The van der Waals surface area contributed by atoms with Gasteiger partial charge in [0.2, 0.25) is 0 Å². The fraction of sp³-hybridized carbons (Fsp3) is 0.0909. The van der Waals surface area contributed by atoms with E-state index in [1.165, 1.54) is 30.5 Å². The van der Waals surface area contributed by atoms with E-state index in [0.29, 0.717) is 5.75 Å². The lowest BCUT2D eigenvalue weighted by atomic mass is 9.88. The number of carbonyl (C=O) groups is 2. The molecule has 1 atom stereocenters. The second kappa shape index (κ2) is 3.07. The van der Waals surface area contributed by atoms with Crippen molar-refractivity contribution in [1.82, 2.24) is 10.6 Å². The quantitative estimate of drug-likeness (QED) is 0.651. The Hall–Kier alpha value is -2.37. The number of fused-ring (bicyclic) bond motifs is 2. The van der Waals surface area contributed by atoms with Crippen LogP contribution in [0.2, 0.25) is 0 Å². The van der Waals surface area contributed by atoms with Gasteiger partial charge in [0.1, 0.15) is 11.6 Å². The Bertz CT molecular complexity index is 570. The van der Waals surface area contributed by atoms with E-state index in [-0.39, 0.29) is 5.56 Å². The van der Waals surface area contributed by atoms with Gasteiger partial charge in [0, 0.05) is 5.56 Å². The fourth-order valence-corrected chi connectivity index (χ4v) is 1.99. The number of imide groups is 1. The summed E-state index contributed by atoms with van der Waals surface area (Å²) in [6, 6.07) is 3.19. The first-order chi connectivity index (χ1) is 8.12. The molecular formula is C11H7FN2O3. The number of halogens is 1. The van der Waals surface area contributed by atoms with E-state index in [9.17, 15) is 14.0 Å². The van der Waals surface area contributed by atoms with Gasteiger partial charge in [-0.05, 0) is 24.3 Å². The first kappa shape index (κ1) is 9.83. The van der Waals surface area contributed by atoms with Gasteiger partial charge in [-0.15, -0.1) is 0 Å². The second-order valence-corrected chi connectivity index (χ2v) is 3.78. The summed E-state index contributed by atoms with van der Waals surface area (Å²) in [6.07, 6.45) is 2.68. The summed E-state index contributed by atoms with van der Waals surface area (Å²) in [5.41, 5.74) is -1.09. The van der Waals surface area contributed by atoms with Gasteiger partial charge in [0.15, 0.2) is 5.54 Å². The molecule has 3 rings (SSSR count). The largest absolute Gasteiger partial charge is 0.465 e. The summed E-state index contributed by atoms with van der Waals surface area (Å²) >= 11 is 0. The van der Waals surface area contributed by atoms with Gasteiger partial charge in [-0.25, -0.2) is 9.18 Å². The zero-order chi connectivity index (χ0) is 12.0.